The van der Waals surface area contributed by atoms with Crippen LogP contribution in [0, 0.1) is 0 Å². The number of fused-ring (bicyclic) bond motifs is 2. The van der Waals surface area contributed by atoms with Crippen LogP contribution >= 0.6 is 0 Å². The summed E-state index contributed by atoms with van der Waals surface area (Å²) in [5.41, 5.74) is 14.8. The maximum Gasteiger partial charge on any atom is 0.146 e. The van der Waals surface area contributed by atoms with Crippen molar-refractivity contribution in [3.63, 3.8) is 0 Å². The highest BCUT2D eigenvalue weighted by atomic mass is 16.3. The van der Waals surface area contributed by atoms with E-state index in [9.17, 15) is 10.2 Å². The van der Waals surface area contributed by atoms with Crippen molar-refractivity contribution in [1.82, 2.24) is 19.5 Å². The molecule has 0 radical (unpaired) electrons. The monoisotopic (exact) mass is 417 g/mol. The molecule has 1 aliphatic carbocycles. The van der Waals surface area contributed by atoms with Gasteiger partial charge in [0.15, 0.2) is 0 Å². The smallest absolute Gasteiger partial charge is 0.146 e. The van der Waals surface area contributed by atoms with Gasteiger partial charge in [0.25, 0.3) is 0 Å². The minimum absolute atomic E-state index is 0.381. The normalized spacial score (nSPS) is 21.0. The first-order valence-electron chi connectivity index (χ1n) is 9.93. The third kappa shape index (κ3) is 3.24. The van der Waals surface area contributed by atoms with Crippen LogP contribution in [0.15, 0.2) is 60.6 Å². The lowest BCUT2D eigenvalue weighted by Crippen LogP contribution is -2.32. The van der Waals surface area contributed by atoms with Crippen LogP contribution in [0.4, 0.5) is 17.3 Å². The standard InChI is InChI=1S/C22H23N7O2/c1-28(14-4-2-12-3-5-18(23)27-16(12)9-14)10-13-8-17(20(31)19(13)30)29-7-6-15-21(24)25-11-26-22(15)29/h2-9,11,17,19-20,30-31H,10H2,1H3,(H2,23,27)(H2,24,25,26)/t17?,19?,20-/m1/s1. The Morgan fingerprint density at radius 3 is 2.74 bits per heavy atom. The number of hydrogen-bond donors (Lipinski definition) is 4. The molecule has 9 nitrogen and oxygen atoms in total. The molecule has 3 heterocycles. The number of nitrogens with two attached hydrogens (primary N) is 2. The van der Waals surface area contributed by atoms with E-state index in [4.69, 9.17) is 11.5 Å². The lowest BCUT2D eigenvalue weighted by Gasteiger charge is -2.23. The van der Waals surface area contributed by atoms with Crippen LogP contribution in [-0.4, -0.2) is 55.5 Å². The molecule has 3 atom stereocenters. The van der Waals surface area contributed by atoms with Gasteiger partial charge in [-0.15, -0.1) is 0 Å². The molecule has 3 aromatic heterocycles. The van der Waals surface area contributed by atoms with Gasteiger partial charge in [-0.1, -0.05) is 12.1 Å². The number of anilines is 3. The minimum atomic E-state index is -0.992. The average Bonchev–Trinajstić information content (AvgIpc) is 3.30. The van der Waals surface area contributed by atoms with E-state index in [0.29, 0.717) is 29.2 Å². The Morgan fingerprint density at radius 2 is 1.90 bits per heavy atom. The van der Waals surface area contributed by atoms with Crippen molar-refractivity contribution in [2.24, 2.45) is 0 Å². The van der Waals surface area contributed by atoms with Gasteiger partial charge in [0.1, 0.15) is 35.8 Å². The summed E-state index contributed by atoms with van der Waals surface area (Å²) >= 11 is 0. The molecule has 0 saturated carbocycles. The summed E-state index contributed by atoms with van der Waals surface area (Å²) in [7, 11) is 1.93. The highest BCUT2D eigenvalue weighted by Crippen LogP contribution is 2.33. The number of likely N-dealkylation sites (N-methyl/N-ethyl adjacent to an activating group) is 1. The second-order valence-electron chi connectivity index (χ2n) is 7.86. The van der Waals surface area contributed by atoms with Crippen molar-refractivity contribution >= 4 is 39.3 Å². The molecule has 1 aromatic carbocycles. The first kappa shape index (κ1) is 19.3. The quantitative estimate of drug-likeness (QED) is 0.366. The summed E-state index contributed by atoms with van der Waals surface area (Å²) < 4.78 is 1.82. The van der Waals surface area contributed by atoms with E-state index >= 15 is 0 Å². The topological polar surface area (TPSA) is 139 Å². The lowest BCUT2D eigenvalue weighted by atomic mass is 10.1. The van der Waals surface area contributed by atoms with Gasteiger partial charge in [0.05, 0.1) is 16.9 Å². The molecule has 5 rings (SSSR count). The van der Waals surface area contributed by atoms with Gasteiger partial charge in [-0.3, -0.25) is 0 Å². The SMILES string of the molecule is CN(CC1=CC(n2ccc3c(N)ncnc32)[C@@H](O)C1O)c1ccc2ccc(N)nc2c1. The second kappa shape index (κ2) is 7.22. The predicted octanol–water partition coefficient (Wildman–Crippen LogP) is 1.48. The highest BCUT2D eigenvalue weighted by Gasteiger charge is 2.36. The number of nitrogens with zero attached hydrogens (tertiary/aromatic N) is 5. The van der Waals surface area contributed by atoms with E-state index in [1.54, 1.807) is 12.3 Å². The van der Waals surface area contributed by atoms with Crippen LogP contribution in [0.25, 0.3) is 21.9 Å². The van der Waals surface area contributed by atoms with Gasteiger partial charge >= 0.3 is 0 Å². The van der Waals surface area contributed by atoms with Crippen molar-refractivity contribution in [2.45, 2.75) is 18.2 Å². The largest absolute Gasteiger partial charge is 0.388 e. The van der Waals surface area contributed by atoms with E-state index in [1.807, 2.05) is 52.9 Å². The molecule has 1 aliphatic rings. The predicted molar refractivity (Wildman–Crippen MR) is 120 cm³/mol. The molecule has 0 spiro atoms. The van der Waals surface area contributed by atoms with Crippen molar-refractivity contribution in [3.8, 4) is 0 Å². The average molecular weight is 417 g/mol. The number of pyridine rings is 1. The summed E-state index contributed by atoms with van der Waals surface area (Å²) in [5, 5.41) is 23.2. The van der Waals surface area contributed by atoms with E-state index in [-0.39, 0.29) is 0 Å². The molecule has 158 valence electrons. The van der Waals surface area contributed by atoms with Crippen LogP contribution in [0.5, 0.6) is 0 Å². The van der Waals surface area contributed by atoms with E-state index in [0.717, 1.165) is 22.2 Å². The Balaban J connectivity index is 1.44. The first-order valence-corrected chi connectivity index (χ1v) is 9.93. The molecule has 4 aromatic rings. The zero-order chi connectivity index (χ0) is 21.7. The maximum atomic E-state index is 10.7. The molecule has 0 saturated heterocycles. The summed E-state index contributed by atoms with van der Waals surface area (Å²) in [6.07, 6.45) is 3.11. The zero-order valence-corrected chi connectivity index (χ0v) is 16.9. The van der Waals surface area contributed by atoms with E-state index < -0.39 is 18.2 Å². The Hall–Kier alpha value is -3.69. The molecule has 0 fully saturated rings. The lowest BCUT2D eigenvalue weighted by molar-refractivity contribution is 0.0325. The summed E-state index contributed by atoms with van der Waals surface area (Å²) in [6.45, 7) is 0.443. The van der Waals surface area contributed by atoms with Gasteiger partial charge < -0.3 is 31.1 Å². The zero-order valence-electron chi connectivity index (χ0n) is 16.9. The van der Waals surface area contributed by atoms with Gasteiger partial charge in [0, 0.05) is 30.9 Å². The van der Waals surface area contributed by atoms with Crippen molar-refractivity contribution in [3.05, 3.63) is 60.6 Å². The molecule has 2 unspecified atom stereocenters. The number of aromatic nitrogens is 4. The Labute approximate surface area is 178 Å². The van der Waals surface area contributed by atoms with Crippen LogP contribution in [0.1, 0.15) is 6.04 Å². The third-order valence-corrected chi connectivity index (χ3v) is 5.86. The van der Waals surface area contributed by atoms with Gasteiger partial charge in [-0.05, 0) is 35.9 Å². The number of nitrogen functional groups attached to an aromatic ring is 2. The number of aliphatic hydroxyl groups is 2. The first-order chi connectivity index (χ1) is 14.9. The fraction of sp³-hybridized carbons (Fsp3) is 0.227. The summed E-state index contributed by atoms with van der Waals surface area (Å²) in [5.74, 6) is 0.849. The fourth-order valence-corrected chi connectivity index (χ4v) is 4.17. The fourth-order valence-electron chi connectivity index (χ4n) is 4.17. The van der Waals surface area contributed by atoms with Crippen LogP contribution in [0.2, 0.25) is 0 Å². The molecular formula is C22H23N7O2. The number of hydrogen-bond acceptors (Lipinski definition) is 8. The second-order valence-corrected chi connectivity index (χ2v) is 7.86. The molecule has 0 bridgehead atoms. The Bertz CT molecular complexity index is 1320. The van der Waals surface area contributed by atoms with Gasteiger partial charge in [0.2, 0.25) is 0 Å². The molecule has 9 heteroatoms. The summed E-state index contributed by atoms with van der Waals surface area (Å²) in [6, 6.07) is 11.0. The van der Waals surface area contributed by atoms with Gasteiger partial charge in [-0.25, -0.2) is 15.0 Å². The van der Waals surface area contributed by atoms with Crippen LogP contribution in [-0.2, 0) is 0 Å². The molecule has 0 amide bonds. The maximum absolute atomic E-state index is 10.7. The number of benzene rings is 1. The molecular weight excluding hydrogens is 394 g/mol. The van der Waals surface area contributed by atoms with Crippen LogP contribution < -0.4 is 16.4 Å². The Morgan fingerprint density at radius 1 is 1.10 bits per heavy atom. The third-order valence-electron chi connectivity index (χ3n) is 5.86. The molecule has 31 heavy (non-hydrogen) atoms. The Kier molecular flexibility index (Phi) is 4.49. The number of rotatable bonds is 4. The van der Waals surface area contributed by atoms with Crippen LogP contribution in [0.3, 0.4) is 0 Å². The van der Waals surface area contributed by atoms with Crippen molar-refractivity contribution in [1.29, 1.82) is 0 Å². The molecule has 0 aliphatic heterocycles. The van der Waals surface area contributed by atoms with E-state index in [2.05, 4.69) is 15.0 Å². The highest BCUT2D eigenvalue weighted by molar-refractivity contribution is 5.86. The van der Waals surface area contributed by atoms with Gasteiger partial charge in [-0.2, -0.15) is 0 Å². The van der Waals surface area contributed by atoms with Crippen molar-refractivity contribution in [2.75, 3.05) is 30.0 Å². The summed E-state index contributed by atoms with van der Waals surface area (Å²) in [4.78, 5) is 14.7. The minimum Gasteiger partial charge on any atom is -0.388 e. The van der Waals surface area contributed by atoms with Crippen molar-refractivity contribution < 1.29 is 10.2 Å². The van der Waals surface area contributed by atoms with E-state index in [1.165, 1.54) is 6.33 Å². The molecule has 6 N–H and O–H groups in total. The number of aliphatic hydroxyl groups excluding tert-OH is 2.